The Hall–Kier alpha value is -3.69. The van der Waals surface area contributed by atoms with Gasteiger partial charge in [-0.25, -0.2) is 4.79 Å². The van der Waals surface area contributed by atoms with Crippen LogP contribution in [0, 0.1) is 12.8 Å². The fourth-order valence-electron chi connectivity index (χ4n) is 4.74. The molecule has 10 heteroatoms. The van der Waals surface area contributed by atoms with E-state index in [9.17, 15) is 19.5 Å². The maximum atomic E-state index is 13.0. The fraction of sp³-hybridized carbons (Fsp3) is 0.435. The van der Waals surface area contributed by atoms with Crippen molar-refractivity contribution in [2.75, 3.05) is 0 Å². The molecule has 1 N–H and O–H groups in total. The molecular formula is C23H25N5O5. The monoisotopic (exact) mass is 451 g/mol. The standard InChI is InChI=1S/C23H25N5O5/c1-12-6-15(24-26(12)3)11-33-16-4-5-18-17(9-16)22(13(2)29)25-27(18)10-21(30)28-19-7-14(19)8-20(28)23(31)32/h4-6,9,14,19-20H,7-8,10-11H2,1-3H3,(H,31,32)/t14-,19-,20+/m1/s1. The highest BCUT2D eigenvalue weighted by molar-refractivity contribution is 6.05. The number of aromatic nitrogens is 4. The topological polar surface area (TPSA) is 120 Å². The smallest absolute Gasteiger partial charge is 0.326 e. The van der Waals surface area contributed by atoms with Gasteiger partial charge in [0.2, 0.25) is 5.91 Å². The van der Waals surface area contributed by atoms with E-state index in [2.05, 4.69) is 10.2 Å². The summed E-state index contributed by atoms with van der Waals surface area (Å²) in [6.07, 6.45) is 1.35. The van der Waals surface area contributed by atoms with Crippen molar-refractivity contribution in [2.24, 2.45) is 13.0 Å². The number of nitrogens with zero attached hydrogens (tertiary/aromatic N) is 5. The normalized spacial score (nSPS) is 21.3. The molecule has 0 spiro atoms. The molecule has 1 aliphatic heterocycles. The Morgan fingerprint density at radius 2 is 1.97 bits per heavy atom. The number of amides is 1. The highest BCUT2D eigenvalue weighted by atomic mass is 16.5. The van der Waals surface area contributed by atoms with E-state index in [1.807, 2.05) is 20.0 Å². The van der Waals surface area contributed by atoms with Crippen LogP contribution in [0.2, 0.25) is 0 Å². The predicted octanol–water partition coefficient (Wildman–Crippen LogP) is 1.93. The first-order chi connectivity index (χ1) is 15.7. The minimum absolute atomic E-state index is 0.00272. The Labute approximate surface area is 189 Å². The van der Waals surface area contributed by atoms with Gasteiger partial charge in [-0.1, -0.05) is 0 Å². The van der Waals surface area contributed by atoms with Crippen LogP contribution in [0.3, 0.4) is 0 Å². The van der Waals surface area contributed by atoms with Crippen LogP contribution in [0.15, 0.2) is 24.3 Å². The van der Waals surface area contributed by atoms with E-state index in [-0.39, 0.29) is 42.5 Å². The molecule has 3 atom stereocenters. The minimum atomic E-state index is -0.977. The number of carbonyl (C=O) groups excluding carboxylic acids is 2. The van der Waals surface area contributed by atoms with Crippen molar-refractivity contribution < 1.29 is 24.2 Å². The summed E-state index contributed by atoms with van der Waals surface area (Å²) in [6.45, 7) is 3.54. The zero-order valence-corrected chi connectivity index (χ0v) is 18.7. The molecular weight excluding hydrogens is 426 g/mol. The number of ketones is 1. The number of benzene rings is 1. The van der Waals surface area contributed by atoms with E-state index in [0.29, 0.717) is 23.1 Å². The number of ether oxygens (including phenoxy) is 1. The van der Waals surface area contributed by atoms with Crippen molar-refractivity contribution >= 4 is 28.6 Å². The lowest BCUT2D eigenvalue weighted by Crippen LogP contribution is -2.44. The Balaban J connectivity index is 1.39. The molecule has 0 bridgehead atoms. The number of aryl methyl sites for hydroxylation is 2. The summed E-state index contributed by atoms with van der Waals surface area (Å²) < 4.78 is 9.13. The van der Waals surface area contributed by atoms with Crippen LogP contribution in [0.5, 0.6) is 5.75 Å². The van der Waals surface area contributed by atoms with Gasteiger partial charge in [0.25, 0.3) is 0 Å². The van der Waals surface area contributed by atoms with E-state index in [0.717, 1.165) is 17.8 Å². The molecule has 0 unspecified atom stereocenters. The molecule has 3 heterocycles. The molecule has 5 rings (SSSR count). The molecule has 2 aliphatic rings. The molecule has 1 aromatic carbocycles. The van der Waals surface area contributed by atoms with Gasteiger partial charge in [0, 0.05) is 31.1 Å². The summed E-state index contributed by atoms with van der Waals surface area (Å²) in [7, 11) is 1.86. The Kier molecular flexibility index (Phi) is 4.95. The number of carboxylic acid groups (broad SMARTS) is 1. The van der Waals surface area contributed by atoms with E-state index in [1.54, 1.807) is 22.9 Å². The van der Waals surface area contributed by atoms with Gasteiger partial charge in [0.1, 0.15) is 36.3 Å². The van der Waals surface area contributed by atoms with Gasteiger partial charge in [-0.3, -0.25) is 19.0 Å². The maximum absolute atomic E-state index is 13.0. The van der Waals surface area contributed by atoms with Crippen LogP contribution in [-0.4, -0.2) is 59.3 Å². The molecule has 0 radical (unpaired) electrons. The van der Waals surface area contributed by atoms with Gasteiger partial charge in [-0.15, -0.1) is 0 Å². The van der Waals surface area contributed by atoms with E-state index >= 15 is 0 Å². The lowest BCUT2D eigenvalue weighted by Gasteiger charge is -2.24. The van der Waals surface area contributed by atoms with Crippen LogP contribution in [0.25, 0.3) is 10.9 Å². The molecule has 1 saturated carbocycles. The van der Waals surface area contributed by atoms with Gasteiger partial charge >= 0.3 is 5.97 Å². The number of hydrogen-bond acceptors (Lipinski definition) is 6. The summed E-state index contributed by atoms with van der Waals surface area (Å²) in [4.78, 5) is 38.3. The van der Waals surface area contributed by atoms with Crippen LogP contribution in [0.1, 0.15) is 41.6 Å². The predicted molar refractivity (Wildman–Crippen MR) is 117 cm³/mol. The van der Waals surface area contributed by atoms with Crippen LogP contribution >= 0.6 is 0 Å². The zero-order valence-electron chi connectivity index (χ0n) is 18.7. The molecule has 1 amide bonds. The average Bonchev–Trinajstić information content (AvgIpc) is 3.10. The van der Waals surface area contributed by atoms with Crippen LogP contribution in [0.4, 0.5) is 0 Å². The summed E-state index contributed by atoms with van der Waals surface area (Å²) in [5.74, 6) is -0.659. The molecule has 1 saturated heterocycles. The summed E-state index contributed by atoms with van der Waals surface area (Å²) in [5, 5.41) is 18.8. The number of fused-ring (bicyclic) bond motifs is 2. The molecule has 172 valence electrons. The zero-order chi connectivity index (χ0) is 23.4. The third-order valence-electron chi connectivity index (χ3n) is 6.57. The third kappa shape index (κ3) is 3.75. The van der Waals surface area contributed by atoms with E-state index in [1.165, 1.54) is 16.5 Å². The first-order valence-electron chi connectivity index (χ1n) is 10.9. The number of hydrogen-bond donors (Lipinski definition) is 1. The van der Waals surface area contributed by atoms with Gasteiger partial charge in [0.15, 0.2) is 5.78 Å². The second-order valence-electron chi connectivity index (χ2n) is 8.88. The van der Waals surface area contributed by atoms with Gasteiger partial charge < -0.3 is 14.7 Å². The number of Topliss-reactive ketones (excluding diaryl/α,β-unsaturated/α-hetero) is 1. The minimum Gasteiger partial charge on any atom is -0.487 e. The summed E-state index contributed by atoms with van der Waals surface area (Å²) >= 11 is 0. The SMILES string of the molecule is CC(=O)c1nn(CC(=O)N2[C@@H]3C[C@@H]3C[C@H]2C(=O)O)c2ccc(OCc3cc(C)n(C)n3)cc12. The van der Waals surface area contributed by atoms with Gasteiger partial charge in [-0.2, -0.15) is 10.2 Å². The number of carbonyl (C=O) groups is 3. The van der Waals surface area contributed by atoms with Crippen molar-refractivity contribution in [2.45, 2.75) is 51.9 Å². The van der Waals surface area contributed by atoms with Gasteiger partial charge in [0.05, 0.1) is 5.52 Å². The molecule has 33 heavy (non-hydrogen) atoms. The Morgan fingerprint density at radius 3 is 2.64 bits per heavy atom. The van der Waals surface area contributed by atoms with Crippen molar-refractivity contribution in [3.63, 3.8) is 0 Å². The number of aliphatic carboxylic acids is 1. The van der Waals surface area contributed by atoms with Gasteiger partial charge in [-0.05, 0) is 49.9 Å². The summed E-state index contributed by atoms with van der Waals surface area (Å²) in [6, 6.07) is 6.42. The third-order valence-corrected chi connectivity index (χ3v) is 6.57. The average molecular weight is 451 g/mol. The Bertz CT molecular complexity index is 1270. The number of carboxylic acids is 1. The molecule has 10 nitrogen and oxygen atoms in total. The first-order valence-corrected chi connectivity index (χ1v) is 10.9. The first kappa shape index (κ1) is 21.2. The molecule has 2 aromatic heterocycles. The van der Waals surface area contributed by atoms with Crippen molar-refractivity contribution in [1.82, 2.24) is 24.5 Å². The van der Waals surface area contributed by atoms with Crippen LogP contribution in [-0.2, 0) is 29.8 Å². The number of rotatable bonds is 7. The van der Waals surface area contributed by atoms with Crippen molar-refractivity contribution in [3.05, 3.63) is 41.3 Å². The second kappa shape index (κ2) is 7.72. The largest absolute Gasteiger partial charge is 0.487 e. The lowest BCUT2D eigenvalue weighted by atomic mass is 10.1. The van der Waals surface area contributed by atoms with E-state index in [4.69, 9.17) is 4.74 Å². The maximum Gasteiger partial charge on any atom is 0.326 e. The number of piperidine rings is 1. The highest BCUT2D eigenvalue weighted by Crippen LogP contribution is 2.48. The fourth-order valence-corrected chi connectivity index (χ4v) is 4.74. The lowest BCUT2D eigenvalue weighted by molar-refractivity contribution is -0.149. The van der Waals surface area contributed by atoms with E-state index < -0.39 is 12.0 Å². The molecule has 1 aliphatic carbocycles. The second-order valence-corrected chi connectivity index (χ2v) is 8.88. The summed E-state index contributed by atoms with van der Waals surface area (Å²) in [5.41, 5.74) is 2.68. The van der Waals surface area contributed by atoms with Crippen LogP contribution < -0.4 is 4.74 Å². The quantitative estimate of drug-likeness (QED) is 0.545. The molecule has 2 fully saturated rings. The highest BCUT2D eigenvalue weighted by Gasteiger charge is 2.56. The van der Waals surface area contributed by atoms with Crippen molar-refractivity contribution in [3.8, 4) is 5.75 Å². The molecule has 3 aromatic rings. The Morgan fingerprint density at radius 1 is 1.18 bits per heavy atom. The van der Waals surface area contributed by atoms with Crippen molar-refractivity contribution in [1.29, 1.82) is 0 Å². The number of likely N-dealkylation sites (tertiary alicyclic amines) is 1.